The van der Waals surface area contributed by atoms with Gasteiger partial charge in [0, 0.05) is 69.6 Å². The van der Waals surface area contributed by atoms with Crippen LogP contribution in [0.25, 0.3) is 45.1 Å². The highest BCUT2D eigenvalue weighted by Crippen LogP contribution is 2.33. The summed E-state index contributed by atoms with van der Waals surface area (Å²) in [5, 5.41) is 18.4. The molecule has 0 saturated carbocycles. The number of benzene rings is 4. The number of rotatable bonds is 15. The van der Waals surface area contributed by atoms with E-state index in [2.05, 4.69) is 34.3 Å². The minimum Gasteiger partial charge on any atom is -1.00 e. The summed E-state index contributed by atoms with van der Waals surface area (Å²) in [6.45, 7) is 6.47. The van der Waals surface area contributed by atoms with Gasteiger partial charge in [0.05, 0.1) is 52.3 Å². The monoisotopic (exact) mass is 1100 g/mol. The van der Waals surface area contributed by atoms with Crippen LogP contribution < -0.4 is 33.8 Å². The second kappa shape index (κ2) is 24.4. The summed E-state index contributed by atoms with van der Waals surface area (Å²) in [6, 6.07) is 30.7. The fourth-order valence-corrected chi connectivity index (χ4v) is 9.27. The van der Waals surface area contributed by atoms with Crippen molar-refractivity contribution in [3.05, 3.63) is 143 Å². The topological polar surface area (TPSA) is 207 Å². The van der Waals surface area contributed by atoms with E-state index in [0.717, 1.165) is 119 Å². The van der Waals surface area contributed by atoms with E-state index >= 15 is 0 Å². The molecule has 4 aromatic carbocycles. The number of aromatic amines is 1. The third kappa shape index (κ3) is 12.6. The Kier molecular flexibility index (Phi) is 17.2. The normalized spacial score (nSPS) is 15.9. The number of halogens is 1. The quantitative estimate of drug-likeness (QED) is 0.126. The number of nitrogens with one attached hydrogen (secondary N) is 1. The first-order chi connectivity index (χ1) is 35.4. The highest BCUT2D eigenvalue weighted by Gasteiger charge is 2.26. The van der Waals surface area contributed by atoms with E-state index in [0.29, 0.717) is 75.1 Å². The number of nitrogens with zero attached hydrogens (tertiary/aromatic N) is 9. The summed E-state index contributed by atoms with van der Waals surface area (Å²) >= 11 is 0. The summed E-state index contributed by atoms with van der Waals surface area (Å²) in [4.78, 5) is 61.1. The number of aliphatic hydroxyl groups excluding tert-OH is 2. The Labute approximate surface area is 440 Å². The second-order valence-electron chi connectivity index (χ2n) is 18.3. The molecule has 0 radical (unpaired) electrons. The number of aromatic nitrogens is 8. The number of hydrogen-bond donors (Lipinski definition) is 3. The molecule has 0 spiro atoms. The van der Waals surface area contributed by atoms with Crippen molar-refractivity contribution in [3.63, 3.8) is 0 Å². The zero-order valence-corrected chi connectivity index (χ0v) is 42.7. The van der Waals surface area contributed by atoms with Crippen LogP contribution in [0.2, 0.25) is 0 Å². The number of anilines is 2. The molecule has 73 heavy (non-hydrogen) atoms. The molecule has 3 N–H and O–H groups in total. The van der Waals surface area contributed by atoms with E-state index in [-0.39, 0.29) is 55.0 Å². The molecular formula is C55H58IN10O7-. The lowest BCUT2D eigenvalue weighted by Gasteiger charge is -2.30. The summed E-state index contributed by atoms with van der Waals surface area (Å²) in [5.74, 6) is 3.20. The number of ketones is 2. The maximum atomic E-state index is 12.7. The lowest BCUT2D eigenvalue weighted by atomic mass is 10.0. The first kappa shape index (κ1) is 51.4. The number of Topliss-reactive ketones (excluding diaryl/α,β-unsaturated/α-hetero) is 2. The predicted molar refractivity (Wildman–Crippen MR) is 272 cm³/mol. The first-order valence-electron chi connectivity index (χ1n) is 24.7. The molecule has 3 aliphatic heterocycles. The van der Waals surface area contributed by atoms with Gasteiger partial charge in [-0.2, -0.15) is 0 Å². The number of aliphatic hydroxyl groups is 2. The Bertz CT molecular complexity index is 3090. The molecule has 3 fully saturated rings. The average Bonchev–Trinajstić information content (AvgIpc) is 4.10. The van der Waals surface area contributed by atoms with Gasteiger partial charge < -0.3 is 63.2 Å². The van der Waals surface area contributed by atoms with Gasteiger partial charge in [0.15, 0.2) is 34.6 Å². The van der Waals surface area contributed by atoms with E-state index in [4.69, 9.17) is 34.3 Å². The summed E-state index contributed by atoms with van der Waals surface area (Å²) in [7, 11) is 0. The SMILES string of the molecule is O=C(Cc1ccc(CO)cc1)Cc1ccc(-c2nc(N3CCOCC3)c3[nH]cnc3n2)cc1.O=C(Cc1ccc(CO)cc1)Cc1ccc(-c2nc(N3CCOCC3)c3c(ncn3C3CCCCO3)n2)cc1.[I-]. The molecule has 18 heteroatoms. The van der Waals surface area contributed by atoms with Gasteiger partial charge in [-0.3, -0.25) is 14.2 Å². The fraction of sp³-hybridized carbons (Fsp3) is 0.345. The van der Waals surface area contributed by atoms with Gasteiger partial charge in [0.1, 0.15) is 28.8 Å². The van der Waals surface area contributed by atoms with Crippen LogP contribution in [-0.4, -0.2) is 120 Å². The van der Waals surface area contributed by atoms with Crippen molar-refractivity contribution in [2.75, 3.05) is 69.0 Å². The number of H-pyrrole nitrogens is 1. The molecule has 17 nitrogen and oxygen atoms in total. The van der Waals surface area contributed by atoms with E-state index in [1.807, 2.05) is 103 Å². The van der Waals surface area contributed by atoms with Gasteiger partial charge >= 0.3 is 0 Å². The molecule has 4 aromatic heterocycles. The molecule has 3 saturated heterocycles. The zero-order chi connectivity index (χ0) is 49.2. The van der Waals surface area contributed by atoms with Crippen molar-refractivity contribution in [1.29, 1.82) is 0 Å². The molecule has 1 atom stereocenters. The number of carbonyl (C=O) groups excluding carboxylic acids is 2. The van der Waals surface area contributed by atoms with Crippen LogP contribution in [0.5, 0.6) is 0 Å². The Morgan fingerprint density at radius 2 is 1.00 bits per heavy atom. The number of fused-ring (bicyclic) bond motifs is 2. The number of ether oxygens (including phenoxy) is 3. The Morgan fingerprint density at radius 3 is 1.48 bits per heavy atom. The molecule has 0 bridgehead atoms. The lowest BCUT2D eigenvalue weighted by Crippen LogP contribution is -3.00. The van der Waals surface area contributed by atoms with Crippen molar-refractivity contribution < 1.29 is 58.0 Å². The minimum absolute atomic E-state index is 0. The van der Waals surface area contributed by atoms with Crippen LogP contribution >= 0.6 is 0 Å². The van der Waals surface area contributed by atoms with Gasteiger partial charge in [-0.05, 0) is 52.6 Å². The second-order valence-corrected chi connectivity index (χ2v) is 18.3. The van der Waals surface area contributed by atoms with Crippen LogP contribution in [-0.2, 0) is 62.7 Å². The van der Waals surface area contributed by atoms with Crippen LogP contribution in [0, 0.1) is 0 Å². The molecule has 11 rings (SSSR count). The fourth-order valence-electron chi connectivity index (χ4n) is 9.27. The summed E-state index contributed by atoms with van der Waals surface area (Å²) < 4.78 is 19.2. The smallest absolute Gasteiger partial charge is 0.183 e. The maximum Gasteiger partial charge on any atom is 0.183 e. The van der Waals surface area contributed by atoms with E-state index < -0.39 is 0 Å². The molecular weight excluding hydrogens is 1040 g/mol. The summed E-state index contributed by atoms with van der Waals surface area (Å²) in [6.07, 6.45) is 8.02. The van der Waals surface area contributed by atoms with Crippen molar-refractivity contribution in [2.45, 2.75) is 64.4 Å². The zero-order valence-electron chi connectivity index (χ0n) is 40.5. The first-order valence-corrected chi connectivity index (χ1v) is 24.7. The number of hydrogen-bond acceptors (Lipinski definition) is 15. The van der Waals surface area contributed by atoms with E-state index in [1.165, 1.54) is 0 Å². The van der Waals surface area contributed by atoms with Gasteiger partial charge in [0.2, 0.25) is 0 Å². The van der Waals surface area contributed by atoms with Crippen molar-refractivity contribution in [3.8, 4) is 22.8 Å². The third-order valence-electron chi connectivity index (χ3n) is 13.2. The van der Waals surface area contributed by atoms with Crippen LogP contribution in [0.1, 0.15) is 58.9 Å². The molecule has 0 aliphatic carbocycles. The largest absolute Gasteiger partial charge is 1.00 e. The summed E-state index contributed by atoms with van der Waals surface area (Å²) in [5.41, 5.74) is 10.3. The molecule has 8 aromatic rings. The molecule has 1 unspecified atom stereocenters. The average molecular weight is 1100 g/mol. The van der Waals surface area contributed by atoms with Crippen molar-refractivity contribution >= 4 is 45.5 Å². The number of morpholine rings is 2. The Balaban J connectivity index is 0.000000180. The van der Waals surface area contributed by atoms with Crippen LogP contribution in [0.15, 0.2) is 110 Å². The van der Waals surface area contributed by atoms with Crippen molar-refractivity contribution in [2.24, 2.45) is 0 Å². The van der Waals surface area contributed by atoms with Crippen LogP contribution in [0.4, 0.5) is 11.6 Å². The van der Waals surface area contributed by atoms with Gasteiger partial charge in [0.25, 0.3) is 0 Å². The van der Waals surface area contributed by atoms with Crippen LogP contribution in [0.3, 0.4) is 0 Å². The Morgan fingerprint density at radius 1 is 0.548 bits per heavy atom. The van der Waals surface area contributed by atoms with Gasteiger partial charge in [-0.15, -0.1) is 0 Å². The Hall–Kier alpha value is -6.55. The molecule has 0 amide bonds. The molecule has 3 aliphatic rings. The predicted octanol–water partition coefficient (Wildman–Crippen LogP) is 3.58. The minimum atomic E-state index is -0.0533. The molecule has 7 heterocycles. The number of carbonyl (C=O) groups is 2. The van der Waals surface area contributed by atoms with Crippen molar-refractivity contribution in [1.82, 2.24) is 39.5 Å². The highest BCUT2D eigenvalue weighted by atomic mass is 127. The maximum absolute atomic E-state index is 12.7. The highest BCUT2D eigenvalue weighted by molar-refractivity contribution is 5.88. The van der Waals surface area contributed by atoms with E-state index in [1.54, 1.807) is 6.33 Å². The van der Waals surface area contributed by atoms with Gasteiger partial charge in [-0.25, -0.2) is 29.9 Å². The van der Waals surface area contributed by atoms with E-state index in [9.17, 15) is 14.7 Å². The lowest BCUT2D eigenvalue weighted by molar-refractivity contribution is -0.118. The third-order valence-corrected chi connectivity index (χ3v) is 13.2. The van der Waals surface area contributed by atoms with Gasteiger partial charge in [-0.1, -0.05) is 97.1 Å². The number of imidazole rings is 2. The molecule has 378 valence electrons. The standard InChI is InChI=1S/C30H33N5O4.C25H25N5O3.HI/c36-19-23-6-4-21(5-7-23)17-25(37)18-22-8-10-24(11-9-22)28-32-29-27(30(33-28)34-12-15-38-16-13-34)35(20-31-29)26-3-1-2-14-39-26;31-15-19-3-1-17(2-4-19)13-21(32)14-18-5-7-20(8-6-18)23-28-24-22(26-16-27-24)25(29-23)30-9-11-33-12-10-30;/h4-11,20,26,36H,1-3,12-19H2;1-8,16,31H,9-15H2,(H,26,27,28,29);1H/p-1.